The second-order valence-corrected chi connectivity index (χ2v) is 8.50. The molecule has 2 heterocycles. The third-order valence-corrected chi connectivity index (χ3v) is 5.86. The largest absolute Gasteiger partial charge is 0.378 e. The van der Waals surface area contributed by atoms with Crippen LogP contribution in [-0.2, 0) is 9.53 Å². The number of amides is 1. The smallest absolute Gasteiger partial charge is 0.247 e. The summed E-state index contributed by atoms with van der Waals surface area (Å²) in [6, 6.07) is 27.5. The third-order valence-electron chi connectivity index (χ3n) is 5.86. The summed E-state index contributed by atoms with van der Waals surface area (Å²) in [7, 11) is 0. The van der Waals surface area contributed by atoms with E-state index >= 15 is 0 Å². The fourth-order valence-corrected chi connectivity index (χ4v) is 4.07. The first-order valence-corrected chi connectivity index (χ1v) is 12.1. The van der Waals surface area contributed by atoms with Crippen LogP contribution in [0.4, 0.5) is 34.5 Å². The molecule has 0 radical (unpaired) electrons. The molecule has 8 heteroatoms. The Kier molecular flexibility index (Phi) is 7.38. The summed E-state index contributed by atoms with van der Waals surface area (Å²) in [5.74, 6) is 0.827. The Hall–Kier alpha value is -4.69. The number of para-hydroxylation sites is 1. The van der Waals surface area contributed by atoms with Crippen molar-refractivity contribution in [2.45, 2.75) is 0 Å². The average molecular weight is 493 g/mol. The van der Waals surface area contributed by atoms with E-state index in [9.17, 15) is 4.79 Å². The summed E-state index contributed by atoms with van der Waals surface area (Å²) >= 11 is 0. The predicted molar refractivity (Wildman–Crippen MR) is 149 cm³/mol. The lowest BCUT2D eigenvalue weighted by Gasteiger charge is -2.29. The highest BCUT2D eigenvalue weighted by atomic mass is 16.5. The number of morpholine rings is 1. The first-order chi connectivity index (χ1) is 18.2. The highest BCUT2D eigenvalue weighted by Gasteiger charge is 2.13. The van der Waals surface area contributed by atoms with E-state index in [-0.39, 0.29) is 5.91 Å². The summed E-state index contributed by atoms with van der Waals surface area (Å²) in [5.41, 5.74) is 5.13. The van der Waals surface area contributed by atoms with Crippen LogP contribution in [0.25, 0.3) is 11.3 Å². The summed E-state index contributed by atoms with van der Waals surface area (Å²) < 4.78 is 5.49. The molecule has 0 unspecified atom stereocenters. The number of benzene rings is 3. The Morgan fingerprint density at radius 2 is 1.59 bits per heavy atom. The lowest BCUT2D eigenvalue weighted by atomic mass is 10.1. The van der Waals surface area contributed by atoms with Gasteiger partial charge in [-0.15, -0.1) is 0 Å². The van der Waals surface area contributed by atoms with E-state index in [2.05, 4.69) is 39.6 Å². The van der Waals surface area contributed by atoms with Crippen LogP contribution in [0.3, 0.4) is 0 Å². The van der Waals surface area contributed by atoms with Gasteiger partial charge in [0.05, 0.1) is 18.9 Å². The summed E-state index contributed by atoms with van der Waals surface area (Å²) in [5, 5.41) is 9.54. The van der Waals surface area contributed by atoms with Gasteiger partial charge in [-0.1, -0.05) is 43.0 Å². The number of carbonyl (C=O) groups is 1. The van der Waals surface area contributed by atoms with Crippen molar-refractivity contribution in [2.24, 2.45) is 0 Å². The molecular formula is C29H28N6O2. The third kappa shape index (κ3) is 6.31. The van der Waals surface area contributed by atoms with Gasteiger partial charge in [0, 0.05) is 47.5 Å². The van der Waals surface area contributed by atoms with Crippen molar-refractivity contribution < 1.29 is 9.53 Å². The molecule has 0 bridgehead atoms. The number of nitrogens with zero attached hydrogens (tertiary/aromatic N) is 3. The molecule has 0 saturated carbocycles. The minimum absolute atomic E-state index is 0.270. The van der Waals surface area contributed by atoms with E-state index in [1.54, 1.807) is 0 Å². The second kappa shape index (κ2) is 11.4. The molecule has 1 aromatic heterocycles. The van der Waals surface area contributed by atoms with Gasteiger partial charge in [-0.2, -0.15) is 4.98 Å². The van der Waals surface area contributed by atoms with Crippen LogP contribution in [0, 0.1) is 0 Å². The molecule has 1 saturated heterocycles. The Bertz CT molecular complexity index is 1390. The lowest BCUT2D eigenvalue weighted by Crippen LogP contribution is -2.36. The fraction of sp³-hybridized carbons (Fsp3) is 0.138. The predicted octanol–water partition coefficient (Wildman–Crippen LogP) is 5.59. The van der Waals surface area contributed by atoms with Crippen LogP contribution in [0.2, 0.25) is 0 Å². The maximum Gasteiger partial charge on any atom is 0.247 e. The van der Waals surface area contributed by atoms with Crippen LogP contribution in [-0.4, -0.2) is 42.2 Å². The van der Waals surface area contributed by atoms with E-state index in [0.29, 0.717) is 23.1 Å². The van der Waals surface area contributed by atoms with E-state index in [1.807, 2.05) is 72.8 Å². The Balaban J connectivity index is 1.47. The minimum atomic E-state index is -0.270. The van der Waals surface area contributed by atoms with Crippen LogP contribution in [0.1, 0.15) is 0 Å². The second-order valence-electron chi connectivity index (χ2n) is 8.50. The SMILES string of the molecule is C=CC(=O)Nc1cccc(-c2cc(Nc3ccccc3)nc(Nc3cccc(N4CCOCC4)c3)n2)c1. The topological polar surface area (TPSA) is 91.4 Å². The fourth-order valence-electron chi connectivity index (χ4n) is 4.07. The Labute approximate surface area is 216 Å². The highest BCUT2D eigenvalue weighted by molar-refractivity contribution is 5.99. The molecule has 0 spiro atoms. The van der Waals surface area contributed by atoms with Crippen LogP contribution >= 0.6 is 0 Å². The molecule has 186 valence electrons. The highest BCUT2D eigenvalue weighted by Crippen LogP contribution is 2.28. The zero-order valence-electron chi connectivity index (χ0n) is 20.4. The molecule has 37 heavy (non-hydrogen) atoms. The van der Waals surface area contributed by atoms with Crippen molar-refractivity contribution in [3.8, 4) is 11.3 Å². The molecule has 0 atom stereocenters. The molecule has 8 nitrogen and oxygen atoms in total. The number of anilines is 6. The number of aromatic nitrogens is 2. The van der Waals surface area contributed by atoms with E-state index in [0.717, 1.165) is 48.9 Å². The van der Waals surface area contributed by atoms with Gasteiger partial charge < -0.3 is 25.6 Å². The summed E-state index contributed by atoms with van der Waals surface area (Å²) in [6.45, 7) is 6.69. The van der Waals surface area contributed by atoms with Crippen LogP contribution < -0.4 is 20.9 Å². The van der Waals surface area contributed by atoms with Crippen molar-refractivity contribution in [3.05, 3.63) is 97.6 Å². The quantitative estimate of drug-likeness (QED) is 0.276. The minimum Gasteiger partial charge on any atom is -0.378 e. The van der Waals surface area contributed by atoms with E-state index in [4.69, 9.17) is 14.7 Å². The Morgan fingerprint density at radius 1 is 0.838 bits per heavy atom. The Morgan fingerprint density at radius 3 is 2.41 bits per heavy atom. The monoisotopic (exact) mass is 492 g/mol. The van der Waals surface area contributed by atoms with Crippen LogP contribution in [0.15, 0.2) is 97.6 Å². The molecule has 1 aliphatic heterocycles. The zero-order chi connectivity index (χ0) is 25.5. The lowest BCUT2D eigenvalue weighted by molar-refractivity contribution is -0.111. The number of nitrogens with one attached hydrogen (secondary N) is 3. The van der Waals surface area contributed by atoms with Crippen molar-refractivity contribution in [2.75, 3.05) is 47.2 Å². The van der Waals surface area contributed by atoms with E-state index < -0.39 is 0 Å². The molecule has 3 N–H and O–H groups in total. The molecule has 1 aliphatic rings. The van der Waals surface area contributed by atoms with Crippen LogP contribution in [0.5, 0.6) is 0 Å². The molecule has 5 rings (SSSR count). The van der Waals surface area contributed by atoms with Gasteiger partial charge in [0.1, 0.15) is 5.82 Å². The molecule has 1 fully saturated rings. The standard InChI is InChI=1S/C29H28N6O2/c1-2-28(36)31-23-11-6-8-21(18-23)26-20-27(30-22-9-4-3-5-10-22)34-29(33-26)32-24-12-7-13-25(19-24)35-14-16-37-17-15-35/h2-13,18-20H,1,14-17H2,(H,31,36)(H2,30,32,33,34). The number of ether oxygens (including phenoxy) is 1. The maximum atomic E-state index is 11.8. The van der Waals surface area contributed by atoms with Crippen molar-refractivity contribution >= 4 is 40.4 Å². The first-order valence-electron chi connectivity index (χ1n) is 12.1. The summed E-state index contributed by atoms with van der Waals surface area (Å²) in [6.07, 6.45) is 1.24. The van der Waals surface area contributed by atoms with Gasteiger partial charge in [-0.25, -0.2) is 4.98 Å². The number of hydrogen-bond acceptors (Lipinski definition) is 7. The zero-order valence-corrected chi connectivity index (χ0v) is 20.4. The normalized spacial score (nSPS) is 13.0. The summed E-state index contributed by atoms with van der Waals surface area (Å²) in [4.78, 5) is 23.6. The molecule has 0 aliphatic carbocycles. The molecular weight excluding hydrogens is 464 g/mol. The molecule has 3 aromatic carbocycles. The van der Waals surface area contributed by atoms with Gasteiger partial charge in [-0.05, 0) is 48.5 Å². The van der Waals surface area contributed by atoms with Gasteiger partial charge in [0.15, 0.2) is 0 Å². The number of hydrogen-bond donors (Lipinski definition) is 3. The first kappa shape index (κ1) is 24.0. The number of rotatable bonds is 8. The van der Waals surface area contributed by atoms with Gasteiger partial charge in [-0.3, -0.25) is 4.79 Å². The van der Waals surface area contributed by atoms with Gasteiger partial charge in [0.25, 0.3) is 0 Å². The maximum absolute atomic E-state index is 11.8. The van der Waals surface area contributed by atoms with E-state index in [1.165, 1.54) is 6.08 Å². The number of carbonyl (C=O) groups excluding carboxylic acids is 1. The average Bonchev–Trinajstić information content (AvgIpc) is 2.94. The van der Waals surface area contributed by atoms with Crippen molar-refractivity contribution in [1.82, 2.24) is 9.97 Å². The molecule has 4 aromatic rings. The van der Waals surface area contributed by atoms with Gasteiger partial charge >= 0.3 is 0 Å². The van der Waals surface area contributed by atoms with Gasteiger partial charge in [0.2, 0.25) is 11.9 Å². The van der Waals surface area contributed by atoms with Crippen molar-refractivity contribution in [1.29, 1.82) is 0 Å². The molecule has 1 amide bonds. The van der Waals surface area contributed by atoms with Crippen molar-refractivity contribution in [3.63, 3.8) is 0 Å².